The van der Waals surface area contributed by atoms with E-state index in [2.05, 4.69) is 46.4 Å². The first-order valence-corrected chi connectivity index (χ1v) is 11.2. The van der Waals surface area contributed by atoms with Crippen molar-refractivity contribution >= 4 is 34.7 Å². The number of benzene rings is 2. The van der Waals surface area contributed by atoms with Gasteiger partial charge >= 0.3 is 0 Å². The second-order valence-electron chi connectivity index (χ2n) is 7.20. The molecule has 0 aliphatic carbocycles. The van der Waals surface area contributed by atoms with E-state index in [-0.39, 0.29) is 23.0 Å². The Balaban J connectivity index is 1.66. The first-order chi connectivity index (χ1) is 15.3. The topological polar surface area (TPSA) is 106 Å². The first-order valence-electron chi connectivity index (χ1n) is 10.3. The first kappa shape index (κ1) is 23.3. The lowest BCUT2D eigenvalue weighted by molar-refractivity contribution is -0.384. The van der Waals surface area contributed by atoms with Crippen molar-refractivity contribution in [2.75, 3.05) is 29.1 Å². The van der Waals surface area contributed by atoms with Gasteiger partial charge < -0.3 is 14.8 Å². The highest BCUT2D eigenvalue weighted by molar-refractivity contribution is 7.99. The van der Waals surface area contributed by atoms with E-state index < -0.39 is 4.92 Å². The van der Waals surface area contributed by atoms with Gasteiger partial charge in [-0.05, 0) is 56.7 Å². The number of thioether (sulfide) groups is 1. The number of nitrogens with zero attached hydrogens (tertiary/aromatic N) is 5. The monoisotopic (exact) mass is 454 g/mol. The molecular weight excluding hydrogens is 428 g/mol. The van der Waals surface area contributed by atoms with Crippen LogP contribution in [-0.2, 0) is 11.8 Å². The molecule has 168 valence electrons. The van der Waals surface area contributed by atoms with Crippen molar-refractivity contribution in [1.82, 2.24) is 14.8 Å². The van der Waals surface area contributed by atoms with Crippen molar-refractivity contribution in [1.29, 1.82) is 0 Å². The van der Waals surface area contributed by atoms with Crippen LogP contribution in [0.4, 0.5) is 17.1 Å². The van der Waals surface area contributed by atoms with Crippen molar-refractivity contribution in [2.24, 2.45) is 7.05 Å². The fourth-order valence-corrected chi connectivity index (χ4v) is 4.03. The molecule has 1 heterocycles. The van der Waals surface area contributed by atoms with Gasteiger partial charge in [-0.3, -0.25) is 14.9 Å². The third kappa shape index (κ3) is 5.25. The van der Waals surface area contributed by atoms with E-state index in [1.165, 1.54) is 17.8 Å². The Morgan fingerprint density at radius 1 is 1.16 bits per heavy atom. The summed E-state index contributed by atoms with van der Waals surface area (Å²) in [6.45, 7) is 7.88. The highest BCUT2D eigenvalue weighted by atomic mass is 32.2. The van der Waals surface area contributed by atoms with Crippen LogP contribution in [-0.4, -0.2) is 44.4 Å². The van der Waals surface area contributed by atoms with Gasteiger partial charge in [0.2, 0.25) is 5.91 Å². The fourth-order valence-electron chi connectivity index (χ4n) is 3.32. The molecule has 0 unspecified atom stereocenters. The van der Waals surface area contributed by atoms with E-state index >= 15 is 0 Å². The van der Waals surface area contributed by atoms with Gasteiger partial charge in [0.05, 0.1) is 10.7 Å². The van der Waals surface area contributed by atoms with E-state index in [0.717, 1.165) is 29.9 Å². The molecule has 9 nitrogen and oxygen atoms in total. The smallest absolute Gasteiger partial charge is 0.293 e. The van der Waals surface area contributed by atoms with Crippen molar-refractivity contribution in [3.05, 3.63) is 58.1 Å². The maximum Gasteiger partial charge on any atom is 0.293 e. The predicted molar refractivity (Wildman–Crippen MR) is 127 cm³/mol. The van der Waals surface area contributed by atoms with Gasteiger partial charge in [0, 0.05) is 37.5 Å². The van der Waals surface area contributed by atoms with Gasteiger partial charge in [-0.2, -0.15) is 0 Å². The number of aryl methyl sites for hydroxylation is 1. The van der Waals surface area contributed by atoms with Crippen LogP contribution in [0.1, 0.15) is 19.4 Å². The average Bonchev–Trinajstić information content (AvgIpc) is 3.15. The van der Waals surface area contributed by atoms with Crippen LogP contribution in [0.5, 0.6) is 0 Å². The predicted octanol–water partition coefficient (Wildman–Crippen LogP) is 4.28. The molecule has 0 aliphatic heterocycles. The molecule has 0 radical (unpaired) electrons. The van der Waals surface area contributed by atoms with Crippen LogP contribution >= 0.6 is 11.8 Å². The molecule has 0 aliphatic rings. The second-order valence-corrected chi connectivity index (χ2v) is 8.14. The van der Waals surface area contributed by atoms with Gasteiger partial charge in [0.25, 0.3) is 5.69 Å². The molecule has 3 rings (SSSR count). The summed E-state index contributed by atoms with van der Waals surface area (Å²) in [4.78, 5) is 25.4. The largest absolute Gasteiger partial charge is 0.372 e. The second kappa shape index (κ2) is 10.3. The summed E-state index contributed by atoms with van der Waals surface area (Å²) in [5, 5.41) is 22.9. The molecule has 1 N–H and O–H groups in total. The van der Waals surface area contributed by atoms with Gasteiger partial charge in [-0.15, -0.1) is 10.2 Å². The number of rotatable bonds is 9. The van der Waals surface area contributed by atoms with Crippen LogP contribution in [0.2, 0.25) is 0 Å². The molecule has 1 amide bonds. The van der Waals surface area contributed by atoms with Crippen LogP contribution in [0.3, 0.4) is 0 Å². The van der Waals surface area contributed by atoms with Gasteiger partial charge in [0.15, 0.2) is 11.0 Å². The van der Waals surface area contributed by atoms with Crippen LogP contribution < -0.4 is 10.2 Å². The van der Waals surface area contributed by atoms with Crippen LogP contribution in [0, 0.1) is 17.0 Å². The van der Waals surface area contributed by atoms with Crippen molar-refractivity contribution in [3.8, 4) is 11.4 Å². The van der Waals surface area contributed by atoms with E-state index in [0.29, 0.717) is 11.0 Å². The summed E-state index contributed by atoms with van der Waals surface area (Å²) in [5.41, 5.74) is 2.89. The molecule has 2 aromatic carbocycles. The Morgan fingerprint density at radius 3 is 2.47 bits per heavy atom. The van der Waals surface area contributed by atoms with Gasteiger partial charge in [-0.1, -0.05) is 17.8 Å². The summed E-state index contributed by atoms with van der Waals surface area (Å²) < 4.78 is 1.83. The minimum Gasteiger partial charge on any atom is -0.372 e. The Bertz CT molecular complexity index is 1110. The molecule has 0 atom stereocenters. The molecule has 0 fully saturated rings. The molecule has 0 saturated heterocycles. The highest BCUT2D eigenvalue weighted by Crippen LogP contribution is 2.27. The maximum atomic E-state index is 12.4. The molecule has 0 saturated carbocycles. The molecule has 3 aromatic rings. The summed E-state index contributed by atoms with van der Waals surface area (Å²) in [7, 11) is 1.85. The number of nitrogens with one attached hydrogen (secondary N) is 1. The van der Waals surface area contributed by atoms with E-state index in [4.69, 9.17) is 0 Å². The third-order valence-electron chi connectivity index (χ3n) is 5.05. The third-order valence-corrected chi connectivity index (χ3v) is 6.07. The van der Waals surface area contributed by atoms with Gasteiger partial charge in [-0.25, -0.2) is 0 Å². The van der Waals surface area contributed by atoms with Crippen LogP contribution in [0.25, 0.3) is 11.4 Å². The number of anilines is 2. The Morgan fingerprint density at radius 2 is 1.84 bits per heavy atom. The molecular formula is C22H26N6O3S. The van der Waals surface area contributed by atoms with Crippen LogP contribution in [0.15, 0.2) is 47.6 Å². The number of hydrogen-bond donors (Lipinski definition) is 1. The zero-order valence-corrected chi connectivity index (χ0v) is 19.3. The lowest BCUT2D eigenvalue weighted by Gasteiger charge is -2.21. The Hall–Kier alpha value is -3.40. The number of amides is 1. The summed E-state index contributed by atoms with van der Waals surface area (Å²) in [6.07, 6.45) is 0. The van der Waals surface area contributed by atoms with E-state index in [9.17, 15) is 14.9 Å². The molecule has 10 heteroatoms. The van der Waals surface area contributed by atoms with Crippen molar-refractivity contribution in [2.45, 2.75) is 25.9 Å². The standard InChI is InChI=1S/C22H26N6O3S/c1-5-27(6-2)17-10-8-16(9-11-17)21-24-25-22(26(21)4)32-14-20(29)23-18-12-7-15(3)13-19(18)28(30)31/h7-13H,5-6,14H2,1-4H3,(H,23,29). The van der Waals surface area contributed by atoms with Crippen molar-refractivity contribution < 1.29 is 9.72 Å². The zero-order valence-electron chi connectivity index (χ0n) is 18.5. The molecule has 0 bridgehead atoms. The number of nitro benzene ring substituents is 1. The maximum absolute atomic E-state index is 12.4. The number of hydrogen-bond acceptors (Lipinski definition) is 7. The number of aromatic nitrogens is 3. The quantitative estimate of drug-likeness (QED) is 0.292. The van der Waals surface area contributed by atoms with E-state index in [1.807, 2.05) is 23.7 Å². The number of nitro groups is 1. The van der Waals surface area contributed by atoms with E-state index in [1.54, 1.807) is 19.1 Å². The SMILES string of the molecule is CCN(CC)c1ccc(-c2nnc(SCC(=O)Nc3ccc(C)cc3[N+](=O)[O-])n2C)cc1. The summed E-state index contributed by atoms with van der Waals surface area (Å²) in [6, 6.07) is 12.8. The number of carbonyl (C=O) groups excluding carboxylic acids is 1. The zero-order chi connectivity index (χ0) is 23.3. The minimum atomic E-state index is -0.504. The Labute approximate surface area is 191 Å². The normalized spacial score (nSPS) is 10.8. The molecule has 0 spiro atoms. The van der Waals surface area contributed by atoms with Gasteiger partial charge in [0.1, 0.15) is 5.69 Å². The molecule has 1 aromatic heterocycles. The average molecular weight is 455 g/mol. The summed E-state index contributed by atoms with van der Waals surface area (Å²) >= 11 is 1.22. The van der Waals surface area contributed by atoms with Crippen molar-refractivity contribution in [3.63, 3.8) is 0 Å². The summed E-state index contributed by atoms with van der Waals surface area (Å²) in [5.74, 6) is 0.404. The highest BCUT2D eigenvalue weighted by Gasteiger charge is 2.18. The lowest BCUT2D eigenvalue weighted by atomic mass is 10.2. The Kier molecular flexibility index (Phi) is 7.47. The number of carbonyl (C=O) groups is 1. The lowest BCUT2D eigenvalue weighted by Crippen LogP contribution is -2.21. The molecule has 32 heavy (non-hydrogen) atoms. The minimum absolute atomic E-state index is 0.0535. The fraction of sp³-hybridized carbons (Fsp3) is 0.318.